The third-order valence-electron chi connectivity index (χ3n) is 2.89. The van der Waals surface area contributed by atoms with Gasteiger partial charge in [0.05, 0.1) is 10.2 Å². The summed E-state index contributed by atoms with van der Waals surface area (Å²) in [4.78, 5) is 4.60. The van der Waals surface area contributed by atoms with Gasteiger partial charge in [0.15, 0.2) is 0 Å². The van der Waals surface area contributed by atoms with Gasteiger partial charge in [-0.1, -0.05) is 36.7 Å². The number of rotatable bonds is 3. The highest BCUT2D eigenvalue weighted by atomic mass is 79.9. The van der Waals surface area contributed by atoms with Crippen molar-refractivity contribution in [2.75, 3.05) is 0 Å². The lowest BCUT2D eigenvalue weighted by Gasteiger charge is -2.19. The molecule has 0 atom stereocenters. The Morgan fingerprint density at radius 1 is 1.14 bits per heavy atom. The van der Waals surface area contributed by atoms with E-state index in [1.54, 1.807) is 0 Å². The smallest absolute Gasteiger partial charge is 0.219 e. The summed E-state index contributed by atoms with van der Waals surface area (Å²) in [6.45, 7) is 6.35. The number of hydrogen-bond acceptors (Lipinski definition) is 2. The van der Waals surface area contributed by atoms with Gasteiger partial charge in [-0.3, -0.25) is 0 Å². The number of benzene rings is 1. The summed E-state index contributed by atoms with van der Waals surface area (Å²) in [6.07, 6.45) is 0. The SMILES string of the molecule is CC(C)(C)c1cc(CCl)cc(Oc2ccc(Br)cc2Br)n1. The molecule has 0 saturated heterocycles. The lowest BCUT2D eigenvalue weighted by molar-refractivity contribution is 0.448. The van der Waals surface area contributed by atoms with E-state index in [9.17, 15) is 0 Å². The van der Waals surface area contributed by atoms with Gasteiger partial charge in [-0.2, -0.15) is 0 Å². The van der Waals surface area contributed by atoms with Gasteiger partial charge in [0.2, 0.25) is 5.88 Å². The van der Waals surface area contributed by atoms with Gasteiger partial charge in [-0.15, -0.1) is 11.6 Å². The highest BCUT2D eigenvalue weighted by molar-refractivity contribution is 9.11. The van der Waals surface area contributed by atoms with Gasteiger partial charge in [0, 0.05) is 21.8 Å². The fraction of sp³-hybridized carbons (Fsp3) is 0.312. The molecule has 0 aliphatic carbocycles. The van der Waals surface area contributed by atoms with Crippen LogP contribution >= 0.6 is 43.5 Å². The standard InChI is InChI=1S/C16H16Br2ClNO/c1-16(2,3)14-6-10(9-19)7-15(20-14)21-13-5-4-11(17)8-12(13)18/h4-8H,9H2,1-3H3. The number of alkyl halides is 1. The summed E-state index contributed by atoms with van der Waals surface area (Å²) in [6, 6.07) is 9.65. The lowest BCUT2D eigenvalue weighted by Crippen LogP contribution is -2.14. The van der Waals surface area contributed by atoms with Crippen LogP contribution in [0.4, 0.5) is 0 Å². The van der Waals surface area contributed by atoms with Crippen molar-refractivity contribution in [1.29, 1.82) is 0 Å². The molecule has 0 radical (unpaired) electrons. The van der Waals surface area contributed by atoms with Gasteiger partial charge < -0.3 is 4.74 Å². The Morgan fingerprint density at radius 2 is 1.86 bits per heavy atom. The topological polar surface area (TPSA) is 22.1 Å². The molecule has 2 rings (SSSR count). The Balaban J connectivity index is 2.39. The van der Waals surface area contributed by atoms with E-state index in [4.69, 9.17) is 16.3 Å². The van der Waals surface area contributed by atoms with E-state index in [-0.39, 0.29) is 5.41 Å². The van der Waals surface area contributed by atoms with E-state index < -0.39 is 0 Å². The summed E-state index contributed by atoms with van der Waals surface area (Å²) < 4.78 is 7.76. The molecule has 0 saturated carbocycles. The second-order valence-corrected chi connectivity index (χ2v) is 7.80. The van der Waals surface area contributed by atoms with Crippen molar-refractivity contribution in [3.05, 3.63) is 50.5 Å². The normalized spacial score (nSPS) is 11.5. The Morgan fingerprint density at radius 3 is 2.43 bits per heavy atom. The third kappa shape index (κ3) is 4.44. The first-order valence-electron chi connectivity index (χ1n) is 6.50. The zero-order chi connectivity index (χ0) is 15.6. The number of nitrogens with zero attached hydrogens (tertiary/aromatic N) is 1. The second kappa shape index (κ2) is 6.67. The monoisotopic (exact) mass is 431 g/mol. The molecule has 1 aromatic carbocycles. The van der Waals surface area contributed by atoms with Crippen LogP contribution in [0.3, 0.4) is 0 Å². The number of pyridine rings is 1. The average molecular weight is 434 g/mol. The first kappa shape index (κ1) is 16.8. The summed E-state index contributed by atoms with van der Waals surface area (Å²) in [5.41, 5.74) is 1.90. The maximum atomic E-state index is 5.98. The molecular formula is C16H16Br2ClNO. The van der Waals surface area contributed by atoms with Crippen molar-refractivity contribution in [3.63, 3.8) is 0 Å². The first-order chi connectivity index (χ1) is 9.79. The largest absolute Gasteiger partial charge is 0.438 e. The van der Waals surface area contributed by atoms with Crippen LogP contribution in [0.25, 0.3) is 0 Å². The van der Waals surface area contributed by atoms with E-state index in [0.29, 0.717) is 11.8 Å². The van der Waals surface area contributed by atoms with E-state index in [2.05, 4.69) is 57.6 Å². The molecule has 21 heavy (non-hydrogen) atoms. The Hall–Kier alpha value is -0.580. The molecule has 0 amide bonds. The van der Waals surface area contributed by atoms with Gasteiger partial charge in [-0.05, 0) is 45.8 Å². The highest BCUT2D eigenvalue weighted by Gasteiger charge is 2.18. The van der Waals surface area contributed by atoms with Crippen molar-refractivity contribution in [1.82, 2.24) is 4.98 Å². The highest BCUT2D eigenvalue weighted by Crippen LogP contribution is 2.33. The molecule has 1 aromatic heterocycles. The summed E-state index contributed by atoms with van der Waals surface area (Å²) in [5, 5.41) is 0. The average Bonchev–Trinajstić information content (AvgIpc) is 2.40. The number of aromatic nitrogens is 1. The van der Waals surface area contributed by atoms with Crippen molar-refractivity contribution in [3.8, 4) is 11.6 Å². The number of halogens is 3. The first-order valence-corrected chi connectivity index (χ1v) is 8.62. The molecular weight excluding hydrogens is 417 g/mol. The summed E-state index contributed by atoms with van der Waals surface area (Å²) >= 11 is 12.9. The lowest BCUT2D eigenvalue weighted by atomic mass is 9.91. The van der Waals surface area contributed by atoms with E-state index >= 15 is 0 Å². The van der Waals surface area contributed by atoms with Crippen LogP contribution in [-0.2, 0) is 11.3 Å². The van der Waals surface area contributed by atoms with Crippen LogP contribution in [-0.4, -0.2) is 4.98 Å². The van der Waals surface area contributed by atoms with Crippen LogP contribution in [0.1, 0.15) is 32.0 Å². The summed E-state index contributed by atoms with van der Waals surface area (Å²) in [7, 11) is 0. The molecule has 5 heteroatoms. The molecule has 0 N–H and O–H groups in total. The number of hydrogen-bond donors (Lipinski definition) is 0. The Labute approximate surface area is 147 Å². The van der Waals surface area contributed by atoms with Gasteiger partial charge >= 0.3 is 0 Å². The van der Waals surface area contributed by atoms with Crippen LogP contribution in [0.2, 0.25) is 0 Å². The minimum absolute atomic E-state index is 0.0584. The fourth-order valence-electron chi connectivity index (χ4n) is 1.74. The van der Waals surface area contributed by atoms with Gasteiger partial charge in [-0.25, -0.2) is 4.98 Å². The van der Waals surface area contributed by atoms with Crippen LogP contribution in [0.15, 0.2) is 39.3 Å². The molecule has 2 nitrogen and oxygen atoms in total. The zero-order valence-corrected chi connectivity index (χ0v) is 16.0. The maximum absolute atomic E-state index is 5.98. The van der Waals surface area contributed by atoms with Crippen molar-refractivity contribution >= 4 is 43.5 Å². The van der Waals surface area contributed by atoms with Crippen molar-refractivity contribution < 1.29 is 4.74 Å². The molecule has 2 aromatic rings. The quantitative estimate of drug-likeness (QED) is 0.520. The van der Waals surface area contributed by atoms with Crippen LogP contribution < -0.4 is 4.74 Å². The molecule has 0 unspecified atom stereocenters. The predicted octanol–water partition coefficient (Wildman–Crippen LogP) is 6.44. The van der Waals surface area contributed by atoms with Gasteiger partial charge in [0.25, 0.3) is 0 Å². The molecule has 112 valence electrons. The summed E-state index contributed by atoms with van der Waals surface area (Å²) in [5.74, 6) is 1.71. The van der Waals surface area contributed by atoms with E-state index in [1.807, 2.05) is 30.3 Å². The second-order valence-electron chi connectivity index (χ2n) is 5.76. The van der Waals surface area contributed by atoms with Crippen molar-refractivity contribution in [2.45, 2.75) is 32.1 Å². The minimum atomic E-state index is -0.0584. The maximum Gasteiger partial charge on any atom is 0.219 e. The molecule has 0 fully saturated rings. The zero-order valence-electron chi connectivity index (χ0n) is 12.1. The molecule has 0 bridgehead atoms. The number of ether oxygens (including phenoxy) is 1. The van der Waals surface area contributed by atoms with E-state index in [1.165, 1.54) is 0 Å². The minimum Gasteiger partial charge on any atom is -0.438 e. The van der Waals surface area contributed by atoms with Crippen molar-refractivity contribution in [2.24, 2.45) is 0 Å². The Bertz CT molecular complexity index is 653. The molecule has 1 heterocycles. The van der Waals surface area contributed by atoms with E-state index in [0.717, 1.165) is 26.0 Å². The van der Waals surface area contributed by atoms with Crippen LogP contribution in [0, 0.1) is 0 Å². The third-order valence-corrected chi connectivity index (χ3v) is 4.31. The fourth-order valence-corrected chi connectivity index (χ4v) is 3.03. The molecule has 0 aliphatic rings. The van der Waals surface area contributed by atoms with Crippen LogP contribution in [0.5, 0.6) is 11.6 Å². The Kier molecular flexibility index (Phi) is 5.33. The molecule has 0 spiro atoms. The molecule has 0 aliphatic heterocycles. The van der Waals surface area contributed by atoms with Gasteiger partial charge in [0.1, 0.15) is 5.75 Å². The predicted molar refractivity (Wildman–Crippen MR) is 94.4 cm³/mol.